The molecule has 0 bridgehead atoms. The van der Waals surface area contributed by atoms with Crippen LogP contribution in [0, 0.1) is 0 Å². The fraction of sp³-hybridized carbons (Fsp3) is 0.455. The lowest BCUT2D eigenvalue weighted by Gasteiger charge is -2.11. The lowest BCUT2D eigenvalue weighted by Crippen LogP contribution is -2.00. The molecule has 0 unspecified atom stereocenters. The molecule has 78 valence electrons. The van der Waals surface area contributed by atoms with Crippen molar-refractivity contribution < 1.29 is 4.74 Å². The second kappa shape index (κ2) is 6.36. The number of hydrogen-bond acceptors (Lipinski definition) is 2. The van der Waals surface area contributed by atoms with Crippen LogP contribution in [0.3, 0.4) is 0 Å². The highest BCUT2D eigenvalue weighted by Crippen LogP contribution is 2.29. The molecule has 3 heteroatoms. The van der Waals surface area contributed by atoms with E-state index in [4.69, 9.17) is 4.74 Å². The Morgan fingerprint density at radius 3 is 2.86 bits per heavy atom. The highest BCUT2D eigenvalue weighted by atomic mass is 79.9. The van der Waals surface area contributed by atoms with E-state index < -0.39 is 0 Å². The van der Waals surface area contributed by atoms with E-state index in [0.29, 0.717) is 0 Å². The minimum Gasteiger partial charge on any atom is -0.492 e. The average Bonchev–Trinajstić information content (AvgIpc) is 2.18. The van der Waals surface area contributed by atoms with E-state index in [9.17, 15) is 0 Å². The predicted molar refractivity (Wildman–Crippen MR) is 67.5 cm³/mol. The smallest absolute Gasteiger partial charge is 0.136 e. The van der Waals surface area contributed by atoms with Gasteiger partial charge in [0, 0.05) is 0 Å². The van der Waals surface area contributed by atoms with Gasteiger partial charge < -0.3 is 4.74 Å². The van der Waals surface area contributed by atoms with Gasteiger partial charge in [0.15, 0.2) is 0 Å². The van der Waals surface area contributed by atoms with Crippen LogP contribution in [-0.4, -0.2) is 12.4 Å². The molecule has 0 spiro atoms. The number of rotatable bonds is 5. The summed E-state index contributed by atoms with van der Waals surface area (Å²) in [6.07, 6.45) is 1.98. The third kappa shape index (κ3) is 3.21. The number of thiol groups is 1. The van der Waals surface area contributed by atoms with Gasteiger partial charge in [0.05, 0.1) is 11.1 Å². The lowest BCUT2D eigenvalue weighted by atomic mass is 10.1. The second-order valence-electron chi connectivity index (χ2n) is 3.05. The summed E-state index contributed by atoms with van der Waals surface area (Å²) in [5.74, 6) is 1.82. The van der Waals surface area contributed by atoms with E-state index >= 15 is 0 Å². The van der Waals surface area contributed by atoms with Gasteiger partial charge in [-0.3, -0.25) is 0 Å². The molecule has 1 rings (SSSR count). The molecule has 0 aliphatic carbocycles. The average molecular weight is 275 g/mol. The number of benzene rings is 1. The molecule has 0 saturated heterocycles. The van der Waals surface area contributed by atoms with Crippen molar-refractivity contribution in [3.8, 4) is 5.75 Å². The summed E-state index contributed by atoms with van der Waals surface area (Å²) in [6.45, 7) is 2.87. The Kier molecular flexibility index (Phi) is 5.41. The number of ether oxygens (including phenoxy) is 1. The van der Waals surface area contributed by atoms with Crippen LogP contribution in [0.1, 0.15) is 18.9 Å². The van der Waals surface area contributed by atoms with Crippen LogP contribution < -0.4 is 4.74 Å². The van der Waals surface area contributed by atoms with Gasteiger partial charge >= 0.3 is 0 Å². The first-order valence-corrected chi connectivity index (χ1v) is 6.23. The molecule has 0 aliphatic rings. The Balaban J connectivity index is 2.84. The van der Waals surface area contributed by atoms with Gasteiger partial charge in [0.2, 0.25) is 0 Å². The molecule has 14 heavy (non-hydrogen) atoms. The molecule has 0 fully saturated rings. The third-order valence-corrected chi connectivity index (χ3v) is 2.73. The van der Waals surface area contributed by atoms with Crippen molar-refractivity contribution in [1.29, 1.82) is 0 Å². The van der Waals surface area contributed by atoms with Crippen molar-refractivity contribution in [2.75, 3.05) is 12.4 Å². The van der Waals surface area contributed by atoms with Gasteiger partial charge in [-0.05, 0) is 46.2 Å². The maximum absolute atomic E-state index is 5.69. The topological polar surface area (TPSA) is 9.23 Å². The summed E-state index contributed by atoms with van der Waals surface area (Å²) in [5, 5.41) is 0. The lowest BCUT2D eigenvalue weighted by molar-refractivity contribution is 0.312. The quantitative estimate of drug-likeness (QED) is 0.806. The summed E-state index contributed by atoms with van der Waals surface area (Å²) >= 11 is 7.73. The van der Waals surface area contributed by atoms with Crippen molar-refractivity contribution in [1.82, 2.24) is 0 Å². The van der Waals surface area contributed by atoms with Crippen molar-refractivity contribution >= 4 is 28.6 Å². The number of para-hydroxylation sites is 1. The van der Waals surface area contributed by atoms with Crippen LogP contribution in [0.2, 0.25) is 0 Å². The first-order valence-electron chi connectivity index (χ1n) is 4.80. The molecule has 1 nitrogen and oxygen atoms in total. The summed E-state index contributed by atoms with van der Waals surface area (Å²) in [5.41, 5.74) is 1.22. The summed E-state index contributed by atoms with van der Waals surface area (Å²) in [4.78, 5) is 0. The highest BCUT2D eigenvalue weighted by Gasteiger charge is 2.06. The van der Waals surface area contributed by atoms with Gasteiger partial charge in [0.1, 0.15) is 5.75 Å². The highest BCUT2D eigenvalue weighted by molar-refractivity contribution is 9.10. The van der Waals surface area contributed by atoms with Gasteiger partial charge in [-0.1, -0.05) is 19.1 Å². The van der Waals surface area contributed by atoms with Crippen LogP contribution in [0.25, 0.3) is 0 Å². The minimum absolute atomic E-state index is 0.766. The van der Waals surface area contributed by atoms with Crippen LogP contribution in [0.15, 0.2) is 22.7 Å². The molecule has 1 aromatic carbocycles. The Labute approximate surface area is 99.4 Å². The van der Waals surface area contributed by atoms with Crippen LogP contribution in [0.5, 0.6) is 5.75 Å². The second-order valence-corrected chi connectivity index (χ2v) is 4.35. The standard InChI is InChI=1S/C11H15BrOS/c1-2-7-13-11-9(6-8-14)4-3-5-10(11)12/h3-5,14H,2,6-8H2,1H3. The van der Waals surface area contributed by atoms with Crippen molar-refractivity contribution in [2.45, 2.75) is 19.8 Å². The molecule has 1 aromatic rings. The number of halogens is 1. The molecule has 0 aromatic heterocycles. The molecule has 0 aliphatic heterocycles. The Hall–Kier alpha value is -0.150. The van der Waals surface area contributed by atoms with E-state index in [0.717, 1.165) is 35.4 Å². The van der Waals surface area contributed by atoms with Gasteiger partial charge in [-0.25, -0.2) is 0 Å². The maximum atomic E-state index is 5.69. The molecular weight excluding hydrogens is 260 g/mol. The SMILES string of the molecule is CCCOc1c(Br)cccc1CCS. The molecule has 0 heterocycles. The van der Waals surface area contributed by atoms with E-state index in [1.54, 1.807) is 0 Å². The van der Waals surface area contributed by atoms with E-state index in [1.165, 1.54) is 5.56 Å². The zero-order valence-electron chi connectivity index (χ0n) is 8.29. The molecule has 0 atom stereocenters. The summed E-state index contributed by atoms with van der Waals surface area (Å²) in [7, 11) is 0. The molecule has 0 amide bonds. The third-order valence-electron chi connectivity index (χ3n) is 1.88. The van der Waals surface area contributed by atoms with Gasteiger partial charge in [-0.15, -0.1) is 0 Å². The molecule has 0 saturated carbocycles. The first-order chi connectivity index (χ1) is 6.79. The van der Waals surface area contributed by atoms with E-state index in [2.05, 4.69) is 41.5 Å². The van der Waals surface area contributed by atoms with Crippen LogP contribution in [-0.2, 0) is 6.42 Å². The monoisotopic (exact) mass is 274 g/mol. The largest absolute Gasteiger partial charge is 0.492 e. The van der Waals surface area contributed by atoms with Gasteiger partial charge in [0.25, 0.3) is 0 Å². The first kappa shape index (κ1) is 11.9. The maximum Gasteiger partial charge on any atom is 0.136 e. The van der Waals surface area contributed by atoms with Crippen molar-refractivity contribution in [3.05, 3.63) is 28.2 Å². The van der Waals surface area contributed by atoms with Crippen LogP contribution in [0.4, 0.5) is 0 Å². The fourth-order valence-corrected chi connectivity index (χ4v) is 2.00. The van der Waals surface area contributed by atoms with Crippen LogP contribution >= 0.6 is 28.6 Å². The number of hydrogen-bond donors (Lipinski definition) is 1. The van der Waals surface area contributed by atoms with Crippen molar-refractivity contribution in [2.24, 2.45) is 0 Å². The normalized spacial score (nSPS) is 10.2. The summed E-state index contributed by atoms with van der Waals surface area (Å²) in [6, 6.07) is 6.13. The fourth-order valence-electron chi connectivity index (χ4n) is 1.24. The zero-order valence-corrected chi connectivity index (χ0v) is 10.8. The van der Waals surface area contributed by atoms with E-state index in [1.807, 2.05) is 12.1 Å². The number of aryl methyl sites for hydroxylation is 1. The van der Waals surface area contributed by atoms with Crippen molar-refractivity contribution in [3.63, 3.8) is 0 Å². The van der Waals surface area contributed by atoms with Gasteiger partial charge in [-0.2, -0.15) is 12.6 Å². The summed E-state index contributed by atoms with van der Waals surface area (Å²) < 4.78 is 6.72. The zero-order chi connectivity index (χ0) is 10.4. The Morgan fingerprint density at radius 1 is 1.43 bits per heavy atom. The Bertz CT molecular complexity index is 289. The minimum atomic E-state index is 0.766. The molecule has 0 N–H and O–H groups in total. The predicted octanol–water partition coefficient (Wildman–Crippen LogP) is 3.71. The van der Waals surface area contributed by atoms with E-state index in [-0.39, 0.29) is 0 Å². The molecule has 0 radical (unpaired) electrons. The molecular formula is C11H15BrOS. The Morgan fingerprint density at radius 2 is 2.21 bits per heavy atom.